The molecule has 2 atom stereocenters. The Kier molecular flexibility index (Phi) is 5.19. The van der Waals surface area contributed by atoms with Gasteiger partial charge in [-0.2, -0.15) is 5.10 Å². The minimum Gasteiger partial charge on any atom is -0.336 e. The van der Waals surface area contributed by atoms with Gasteiger partial charge in [-0.25, -0.2) is 12.8 Å². The van der Waals surface area contributed by atoms with Crippen molar-refractivity contribution in [2.45, 2.75) is 63.0 Å². The number of anilines is 3. The second kappa shape index (κ2) is 7.83. The average Bonchev–Trinajstić information content (AvgIpc) is 3.47. The number of aromatic amines is 1. The fourth-order valence-corrected chi connectivity index (χ4v) is 5.99. The lowest BCUT2D eigenvalue weighted by atomic mass is 9.90. The average molecular weight is 470 g/mol. The molecule has 9 heteroatoms. The Labute approximate surface area is 193 Å². The molecule has 2 aliphatic rings. The highest BCUT2D eigenvalue weighted by Gasteiger charge is 2.31. The molecule has 1 aromatic carbocycles. The molecular weight excluding hydrogens is 441 g/mol. The first-order valence-corrected chi connectivity index (χ1v) is 12.9. The predicted molar refractivity (Wildman–Crippen MR) is 127 cm³/mol. The summed E-state index contributed by atoms with van der Waals surface area (Å²) in [4.78, 5) is 4.94. The zero-order valence-corrected chi connectivity index (χ0v) is 19.8. The molecule has 3 aromatic rings. The van der Waals surface area contributed by atoms with Gasteiger partial charge in [0.1, 0.15) is 0 Å². The van der Waals surface area contributed by atoms with Gasteiger partial charge in [-0.3, -0.25) is 14.8 Å². The summed E-state index contributed by atoms with van der Waals surface area (Å²) in [6.45, 7) is 6.53. The molecule has 1 aliphatic heterocycles. The lowest BCUT2D eigenvalue weighted by Crippen LogP contribution is -2.14. The van der Waals surface area contributed by atoms with Crippen LogP contribution in [-0.2, 0) is 21.2 Å². The van der Waals surface area contributed by atoms with E-state index >= 15 is 0 Å². The highest BCUT2D eigenvalue weighted by molar-refractivity contribution is 7.92. The number of rotatable bonds is 4. The smallest absolute Gasteiger partial charge is 0.237 e. The van der Waals surface area contributed by atoms with Gasteiger partial charge in [0, 0.05) is 46.0 Å². The van der Waals surface area contributed by atoms with Crippen molar-refractivity contribution in [1.29, 1.82) is 0 Å². The molecule has 3 N–H and O–H groups in total. The summed E-state index contributed by atoms with van der Waals surface area (Å²) in [7, 11) is -3.51. The van der Waals surface area contributed by atoms with Crippen LogP contribution in [0, 0.1) is 5.82 Å². The van der Waals surface area contributed by atoms with Crippen LogP contribution in [0.25, 0.3) is 0 Å². The number of hydrogen-bond acceptors (Lipinski definition) is 5. The summed E-state index contributed by atoms with van der Waals surface area (Å²) in [5, 5.41) is 10.4. The molecule has 0 bridgehead atoms. The third-order valence-electron chi connectivity index (χ3n) is 6.53. The van der Waals surface area contributed by atoms with Crippen LogP contribution in [0.2, 0.25) is 0 Å². The van der Waals surface area contributed by atoms with Crippen molar-refractivity contribution >= 4 is 27.2 Å². The van der Waals surface area contributed by atoms with Crippen molar-refractivity contribution in [2.75, 3.05) is 10.0 Å². The maximum absolute atomic E-state index is 14.9. The number of hydrogen-bond donors (Lipinski definition) is 3. The largest absolute Gasteiger partial charge is 0.336 e. The highest BCUT2D eigenvalue weighted by Crippen LogP contribution is 2.43. The van der Waals surface area contributed by atoms with Gasteiger partial charge in [-0.05, 0) is 43.5 Å². The summed E-state index contributed by atoms with van der Waals surface area (Å²) < 4.78 is 40.7. The number of pyridine rings is 1. The molecule has 1 fully saturated rings. The van der Waals surface area contributed by atoms with Crippen molar-refractivity contribution in [1.82, 2.24) is 15.2 Å². The zero-order valence-electron chi connectivity index (χ0n) is 18.9. The lowest BCUT2D eigenvalue weighted by Gasteiger charge is -2.20. The van der Waals surface area contributed by atoms with E-state index in [9.17, 15) is 12.8 Å². The van der Waals surface area contributed by atoms with E-state index in [1.165, 1.54) is 6.07 Å². The minimum absolute atomic E-state index is 0.0189. The van der Waals surface area contributed by atoms with Gasteiger partial charge in [0.25, 0.3) is 0 Å². The number of nitrogens with zero attached hydrogens (tertiary/aromatic N) is 2. The number of H-pyrrole nitrogens is 1. The first kappa shape index (κ1) is 21.9. The van der Waals surface area contributed by atoms with Crippen LogP contribution in [0.5, 0.6) is 0 Å². The Hall–Kier alpha value is -2.94. The summed E-state index contributed by atoms with van der Waals surface area (Å²) in [6, 6.07) is 11.3. The predicted octanol–water partition coefficient (Wildman–Crippen LogP) is 5.29. The maximum Gasteiger partial charge on any atom is 0.237 e. The van der Waals surface area contributed by atoms with E-state index in [0.717, 1.165) is 36.3 Å². The van der Waals surface area contributed by atoms with Gasteiger partial charge in [0.05, 0.1) is 17.1 Å². The molecular formula is C24H28FN5O2S. The van der Waals surface area contributed by atoms with Crippen molar-refractivity contribution in [3.05, 3.63) is 64.9 Å². The topological polar surface area (TPSA) is 99.8 Å². The molecule has 7 nitrogen and oxygen atoms in total. The van der Waals surface area contributed by atoms with Gasteiger partial charge in [-0.15, -0.1) is 0 Å². The lowest BCUT2D eigenvalue weighted by molar-refractivity contribution is 0.558. The van der Waals surface area contributed by atoms with E-state index in [1.54, 1.807) is 6.07 Å². The Bertz CT molecular complexity index is 1310. The number of benzene rings is 1. The second-order valence-corrected chi connectivity index (χ2v) is 11.8. The molecule has 0 radical (unpaired) electrons. The van der Waals surface area contributed by atoms with E-state index in [0.29, 0.717) is 23.3 Å². The van der Waals surface area contributed by atoms with Crippen LogP contribution < -0.4 is 10.0 Å². The van der Waals surface area contributed by atoms with Crippen molar-refractivity contribution in [2.24, 2.45) is 0 Å². The monoisotopic (exact) mass is 469 g/mol. The fourth-order valence-electron chi connectivity index (χ4n) is 4.73. The Morgan fingerprint density at radius 1 is 1.12 bits per heavy atom. The molecule has 1 saturated carbocycles. The Balaban J connectivity index is 1.29. The molecule has 174 valence electrons. The molecule has 2 unspecified atom stereocenters. The van der Waals surface area contributed by atoms with Gasteiger partial charge in [0.15, 0.2) is 11.6 Å². The highest BCUT2D eigenvalue weighted by atomic mass is 32.2. The first-order valence-electron chi connectivity index (χ1n) is 11.2. The number of sulfonamides is 1. The molecule has 2 aromatic heterocycles. The van der Waals surface area contributed by atoms with Crippen LogP contribution in [0.15, 0.2) is 36.4 Å². The second-order valence-electron chi connectivity index (χ2n) is 10.1. The van der Waals surface area contributed by atoms with Gasteiger partial charge in [0.2, 0.25) is 10.0 Å². The van der Waals surface area contributed by atoms with E-state index in [4.69, 9.17) is 4.98 Å². The third kappa shape index (κ3) is 4.34. The summed E-state index contributed by atoms with van der Waals surface area (Å²) in [6.07, 6.45) is 3.08. The van der Waals surface area contributed by atoms with Crippen LogP contribution in [-0.4, -0.2) is 23.6 Å². The number of fused-ring (bicyclic) bond motifs is 1. The summed E-state index contributed by atoms with van der Waals surface area (Å²) >= 11 is 0. The molecule has 33 heavy (non-hydrogen) atoms. The summed E-state index contributed by atoms with van der Waals surface area (Å²) in [5.74, 6) is 0.312. The fraction of sp³-hybridized carbons (Fsp3) is 0.417. The Morgan fingerprint density at radius 3 is 2.70 bits per heavy atom. The van der Waals surface area contributed by atoms with Gasteiger partial charge in [-0.1, -0.05) is 26.8 Å². The molecule has 3 heterocycles. The normalized spacial score (nSPS) is 21.6. The molecule has 0 saturated heterocycles. The van der Waals surface area contributed by atoms with Crippen LogP contribution >= 0.6 is 0 Å². The van der Waals surface area contributed by atoms with Crippen LogP contribution in [0.4, 0.5) is 21.6 Å². The number of aromatic nitrogens is 3. The van der Waals surface area contributed by atoms with Gasteiger partial charge < -0.3 is 5.32 Å². The molecule has 1 aliphatic carbocycles. The van der Waals surface area contributed by atoms with E-state index in [1.807, 2.05) is 6.07 Å². The molecule has 0 amide bonds. The number of nitrogens with one attached hydrogen (secondary N) is 3. The minimum atomic E-state index is -3.51. The maximum atomic E-state index is 14.9. The van der Waals surface area contributed by atoms with Crippen LogP contribution in [0.3, 0.4) is 0 Å². The van der Waals surface area contributed by atoms with Crippen LogP contribution in [0.1, 0.15) is 74.5 Å². The van der Waals surface area contributed by atoms with E-state index in [-0.39, 0.29) is 22.4 Å². The van der Waals surface area contributed by atoms with E-state index in [2.05, 4.69) is 59.2 Å². The molecule has 0 spiro atoms. The van der Waals surface area contributed by atoms with E-state index < -0.39 is 15.8 Å². The first-order chi connectivity index (χ1) is 15.6. The Morgan fingerprint density at radius 2 is 1.91 bits per heavy atom. The van der Waals surface area contributed by atoms with Crippen molar-refractivity contribution in [3.63, 3.8) is 0 Å². The molecule has 5 rings (SSSR count). The van der Waals surface area contributed by atoms with Gasteiger partial charge >= 0.3 is 0 Å². The standard InChI is InChI=1S/C24H28FN5O2S/c1-24(2,3)21-6-4-5-17(26-21)14-7-8-15(11-14)20-12-22(29-28-20)27-19-10-9-18-16(23(19)25)13-33(31,32)30-18/h4-6,9-10,12,14-15,30H,7-8,11,13H2,1-3H3,(H2,27,28,29). The summed E-state index contributed by atoms with van der Waals surface area (Å²) in [5.41, 5.74) is 3.94. The SMILES string of the molecule is CC(C)(C)c1cccc(C2CCC(c3cc(Nc4ccc5c(c4F)CS(=O)(=O)N5)n[nH]3)C2)n1. The third-order valence-corrected chi connectivity index (χ3v) is 7.73. The quantitative estimate of drug-likeness (QED) is 0.482. The van der Waals surface area contributed by atoms with Crippen molar-refractivity contribution in [3.8, 4) is 0 Å². The zero-order chi connectivity index (χ0) is 23.4. The number of halogens is 1. The van der Waals surface area contributed by atoms with Crippen molar-refractivity contribution < 1.29 is 12.8 Å².